The monoisotopic (exact) mass is 308 g/mol. The first-order chi connectivity index (χ1) is 9.56. The summed E-state index contributed by atoms with van der Waals surface area (Å²) in [4.78, 5) is 14.1. The van der Waals surface area contributed by atoms with E-state index in [1.165, 1.54) is 12.1 Å². The van der Waals surface area contributed by atoms with Gasteiger partial charge < -0.3 is 10.6 Å². The molecule has 0 aliphatic rings. The fourth-order valence-electron chi connectivity index (χ4n) is 1.46. The average molecular weight is 309 g/mol. The lowest BCUT2D eigenvalue weighted by atomic mass is 10.3. The van der Waals surface area contributed by atoms with Crippen molar-refractivity contribution < 1.29 is 4.92 Å². The minimum Gasteiger partial charge on any atom is -0.332 e. The van der Waals surface area contributed by atoms with Gasteiger partial charge in [0.15, 0.2) is 10.3 Å². The third-order valence-electron chi connectivity index (χ3n) is 2.32. The molecule has 0 aliphatic heterocycles. The minimum atomic E-state index is -0.473. The van der Waals surface area contributed by atoms with Crippen molar-refractivity contribution in [3.63, 3.8) is 0 Å². The second kappa shape index (κ2) is 6.27. The number of nitro groups is 1. The van der Waals surface area contributed by atoms with Crippen molar-refractivity contribution in [2.45, 2.75) is 0 Å². The fraction of sp³-hybridized carbons (Fsp3) is 0. The van der Waals surface area contributed by atoms with Crippen molar-refractivity contribution in [3.05, 3.63) is 57.9 Å². The van der Waals surface area contributed by atoms with Crippen LogP contribution in [0, 0.1) is 10.1 Å². The Labute approximate surface area is 124 Å². The Morgan fingerprint density at radius 2 is 2.10 bits per heavy atom. The fourth-order valence-corrected chi connectivity index (χ4v) is 1.86. The number of thiocarbonyl (C=S) groups is 1. The van der Waals surface area contributed by atoms with E-state index < -0.39 is 4.92 Å². The van der Waals surface area contributed by atoms with Crippen LogP contribution in [0.4, 0.5) is 17.1 Å². The SMILES string of the molecule is O=[N+]([O-])c1cccc(NC(=S)Nc2cccnc2Cl)c1. The summed E-state index contributed by atoms with van der Waals surface area (Å²) in [5, 5.41) is 16.9. The molecule has 0 atom stereocenters. The number of pyridine rings is 1. The summed E-state index contributed by atoms with van der Waals surface area (Å²) in [5.41, 5.74) is 1.05. The molecular weight excluding hydrogens is 300 g/mol. The molecule has 8 heteroatoms. The summed E-state index contributed by atoms with van der Waals surface area (Å²) in [6, 6.07) is 9.46. The van der Waals surface area contributed by atoms with Crippen LogP contribution >= 0.6 is 23.8 Å². The highest BCUT2D eigenvalue weighted by Crippen LogP contribution is 2.19. The van der Waals surface area contributed by atoms with Crippen LogP contribution in [0.5, 0.6) is 0 Å². The van der Waals surface area contributed by atoms with E-state index in [-0.39, 0.29) is 16.0 Å². The van der Waals surface area contributed by atoms with Gasteiger partial charge in [-0.1, -0.05) is 17.7 Å². The van der Waals surface area contributed by atoms with Crippen molar-refractivity contribution in [3.8, 4) is 0 Å². The van der Waals surface area contributed by atoms with Gasteiger partial charge in [-0.2, -0.15) is 0 Å². The number of rotatable bonds is 3. The van der Waals surface area contributed by atoms with Crippen molar-refractivity contribution in [1.82, 2.24) is 4.98 Å². The van der Waals surface area contributed by atoms with Crippen molar-refractivity contribution in [1.29, 1.82) is 0 Å². The van der Waals surface area contributed by atoms with E-state index in [0.717, 1.165) is 0 Å². The number of anilines is 2. The number of benzene rings is 1. The van der Waals surface area contributed by atoms with Crippen LogP contribution in [0.3, 0.4) is 0 Å². The van der Waals surface area contributed by atoms with E-state index in [1.807, 2.05) is 0 Å². The Kier molecular flexibility index (Phi) is 4.44. The van der Waals surface area contributed by atoms with Gasteiger partial charge in [-0.05, 0) is 30.4 Å². The topological polar surface area (TPSA) is 80.1 Å². The molecule has 2 rings (SSSR count). The van der Waals surface area contributed by atoms with Gasteiger partial charge in [0, 0.05) is 24.0 Å². The lowest BCUT2D eigenvalue weighted by molar-refractivity contribution is -0.384. The highest BCUT2D eigenvalue weighted by molar-refractivity contribution is 7.80. The maximum absolute atomic E-state index is 10.7. The molecule has 1 aromatic carbocycles. The zero-order valence-corrected chi connectivity index (χ0v) is 11.6. The molecule has 0 saturated heterocycles. The lowest BCUT2D eigenvalue weighted by Gasteiger charge is -2.10. The van der Waals surface area contributed by atoms with Crippen LogP contribution in [0.15, 0.2) is 42.6 Å². The Hall–Kier alpha value is -2.25. The molecule has 0 aliphatic carbocycles. The number of halogens is 1. The summed E-state index contributed by atoms with van der Waals surface area (Å²) >= 11 is 11.0. The van der Waals surface area contributed by atoms with E-state index in [9.17, 15) is 10.1 Å². The summed E-state index contributed by atoms with van der Waals surface area (Å²) in [6.45, 7) is 0. The summed E-state index contributed by atoms with van der Waals surface area (Å²) in [5.74, 6) is 0. The van der Waals surface area contributed by atoms with Gasteiger partial charge in [0.05, 0.1) is 10.6 Å². The molecule has 0 bridgehead atoms. The lowest BCUT2D eigenvalue weighted by Crippen LogP contribution is -2.19. The number of hydrogen-bond acceptors (Lipinski definition) is 4. The highest BCUT2D eigenvalue weighted by atomic mass is 35.5. The first-order valence-electron chi connectivity index (χ1n) is 5.49. The highest BCUT2D eigenvalue weighted by Gasteiger charge is 2.07. The Balaban J connectivity index is 2.07. The van der Waals surface area contributed by atoms with Gasteiger partial charge in [0.25, 0.3) is 5.69 Å². The molecule has 0 fully saturated rings. The number of nitro benzene ring substituents is 1. The van der Waals surface area contributed by atoms with Crippen LogP contribution in [-0.4, -0.2) is 15.0 Å². The third-order valence-corrected chi connectivity index (χ3v) is 2.83. The first kappa shape index (κ1) is 14.2. The predicted octanol–water partition coefficient (Wildman–Crippen LogP) is 3.45. The predicted molar refractivity (Wildman–Crippen MR) is 82.2 cm³/mol. The van der Waals surface area contributed by atoms with E-state index in [2.05, 4.69) is 15.6 Å². The van der Waals surface area contributed by atoms with Crippen LogP contribution in [0.1, 0.15) is 0 Å². The van der Waals surface area contributed by atoms with Crippen LogP contribution in [0.25, 0.3) is 0 Å². The second-order valence-electron chi connectivity index (χ2n) is 3.73. The van der Waals surface area contributed by atoms with Gasteiger partial charge in [0.1, 0.15) is 0 Å². The maximum atomic E-state index is 10.7. The van der Waals surface area contributed by atoms with E-state index in [0.29, 0.717) is 11.4 Å². The number of hydrogen-bond donors (Lipinski definition) is 2. The van der Waals surface area contributed by atoms with Gasteiger partial charge in [-0.3, -0.25) is 10.1 Å². The number of nitrogens with zero attached hydrogens (tertiary/aromatic N) is 2. The average Bonchev–Trinajstić information content (AvgIpc) is 2.41. The first-order valence-corrected chi connectivity index (χ1v) is 6.28. The van der Waals surface area contributed by atoms with E-state index in [1.54, 1.807) is 30.5 Å². The molecule has 20 heavy (non-hydrogen) atoms. The zero-order chi connectivity index (χ0) is 14.5. The van der Waals surface area contributed by atoms with Gasteiger partial charge >= 0.3 is 0 Å². The van der Waals surface area contributed by atoms with Crippen molar-refractivity contribution in [2.24, 2.45) is 0 Å². The molecular formula is C12H9ClN4O2S. The minimum absolute atomic E-state index is 0.0165. The molecule has 0 radical (unpaired) electrons. The Bertz CT molecular complexity index is 665. The Morgan fingerprint density at radius 3 is 2.80 bits per heavy atom. The molecule has 2 aromatic rings. The maximum Gasteiger partial charge on any atom is 0.271 e. The molecule has 102 valence electrons. The van der Waals surface area contributed by atoms with Crippen molar-refractivity contribution >= 4 is 46.0 Å². The Morgan fingerprint density at radius 1 is 1.30 bits per heavy atom. The number of nitrogens with one attached hydrogen (secondary N) is 2. The quantitative estimate of drug-likeness (QED) is 0.391. The van der Waals surface area contributed by atoms with Gasteiger partial charge in [-0.15, -0.1) is 0 Å². The molecule has 1 heterocycles. The summed E-state index contributed by atoms with van der Waals surface area (Å²) < 4.78 is 0. The number of aromatic nitrogens is 1. The summed E-state index contributed by atoms with van der Waals surface area (Å²) in [7, 11) is 0. The second-order valence-corrected chi connectivity index (χ2v) is 4.49. The molecule has 0 saturated carbocycles. The van der Waals surface area contributed by atoms with Crippen molar-refractivity contribution in [2.75, 3.05) is 10.6 Å². The standard InChI is InChI=1S/C12H9ClN4O2S/c13-11-10(5-2-6-14-11)16-12(20)15-8-3-1-4-9(7-8)17(18)19/h1-7H,(H2,15,16,20). The van der Waals surface area contributed by atoms with Gasteiger partial charge in [0.2, 0.25) is 0 Å². The number of non-ortho nitro benzene ring substituents is 1. The molecule has 6 nitrogen and oxygen atoms in total. The normalized spacial score (nSPS) is 9.85. The molecule has 0 unspecified atom stereocenters. The molecule has 0 amide bonds. The van der Waals surface area contributed by atoms with E-state index in [4.69, 9.17) is 23.8 Å². The van der Waals surface area contributed by atoms with Crippen LogP contribution in [0.2, 0.25) is 5.15 Å². The summed E-state index contributed by atoms with van der Waals surface area (Å²) in [6.07, 6.45) is 1.56. The third kappa shape index (κ3) is 3.62. The van der Waals surface area contributed by atoms with Crippen LogP contribution < -0.4 is 10.6 Å². The van der Waals surface area contributed by atoms with Crippen LogP contribution in [-0.2, 0) is 0 Å². The molecule has 2 N–H and O–H groups in total. The molecule has 1 aromatic heterocycles. The van der Waals surface area contributed by atoms with Gasteiger partial charge in [-0.25, -0.2) is 4.98 Å². The zero-order valence-electron chi connectivity index (χ0n) is 10.0. The molecule has 0 spiro atoms. The largest absolute Gasteiger partial charge is 0.332 e. The van der Waals surface area contributed by atoms with E-state index >= 15 is 0 Å². The smallest absolute Gasteiger partial charge is 0.271 e.